The van der Waals surface area contributed by atoms with Crippen LogP contribution in [0.4, 0.5) is 4.39 Å². The molecule has 0 aliphatic carbocycles. The zero-order valence-electron chi connectivity index (χ0n) is 14.2. The van der Waals surface area contributed by atoms with E-state index in [2.05, 4.69) is 39.1 Å². The predicted molar refractivity (Wildman–Crippen MR) is 97.7 cm³/mol. The molecule has 1 aliphatic heterocycles. The summed E-state index contributed by atoms with van der Waals surface area (Å²) in [5.41, 5.74) is 4.79. The van der Waals surface area contributed by atoms with Gasteiger partial charge in [-0.25, -0.2) is 9.37 Å². The number of rotatable bonds is 5. The first-order valence-electron chi connectivity index (χ1n) is 8.88. The number of nitrogens with one attached hydrogen (secondary N) is 1. The maximum absolute atomic E-state index is 13.0. The Morgan fingerprint density at radius 2 is 1.88 bits per heavy atom. The molecular formula is C21H22FN3. The quantitative estimate of drug-likeness (QED) is 0.751. The van der Waals surface area contributed by atoms with E-state index in [0.29, 0.717) is 6.04 Å². The second-order valence-electron chi connectivity index (χ2n) is 6.62. The van der Waals surface area contributed by atoms with Crippen LogP contribution in [0.3, 0.4) is 0 Å². The molecule has 0 amide bonds. The van der Waals surface area contributed by atoms with Crippen molar-refractivity contribution in [2.45, 2.75) is 31.8 Å². The van der Waals surface area contributed by atoms with Crippen LogP contribution in [0.25, 0.3) is 11.3 Å². The van der Waals surface area contributed by atoms with E-state index >= 15 is 0 Å². The minimum atomic E-state index is -0.191. The molecule has 4 heteroatoms. The molecule has 1 aromatic heterocycles. The Hall–Kier alpha value is -2.46. The van der Waals surface area contributed by atoms with E-state index in [0.717, 1.165) is 30.8 Å². The van der Waals surface area contributed by atoms with Crippen molar-refractivity contribution in [1.29, 1.82) is 0 Å². The monoisotopic (exact) mass is 335 g/mol. The summed E-state index contributed by atoms with van der Waals surface area (Å²) in [6.45, 7) is 1.94. The highest BCUT2D eigenvalue weighted by atomic mass is 19.1. The minimum Gasteiger partial charge on any atom is -0.330 e. The van der Waals surface area contributed by atoms with Crippen LogP contribution in [0.15, 0.2) is 61.1 Å². The van der Waals surface area contributed by atoms with Crippen LogP contribution >= 0.6 is 0 Å². The van der Waals surface area contributed by atoms with Gasteiger partial charge in [-0.05, 0) is 54.6 Å². The second kappa shape index (κ2) is 7.19. The molecule has 1 aliphatic rings. The van der Waals surface area contributed by atoms with E-state index in [9.17, 15) is 4.39 Å². The highest BCUT2D eigenvalue weighted by Crippen LogP contribution is 2.26. The Kier molecular flexibility index (Phi) is 4.61. The molecule has 3 nitrogen and oxygen atoms in total. The highest BCUT2D eigenvalue weighted by Gasteiger charge is 2.16. The van der Waals surface area contributed by atoms with Gasteiger partial charge in [0, 0.05) is 12.6 Å². The molecule has 128 valence electrons. The number of aromatic nitrogens is 2. The lowest BCUT2D eigenvalue weighted by Gasteiger charge is -2.12. The number of aryl methyl sites for hydroxylation is 2. The minimum absolute atomic E-state index is 0.191. The molecule has 2 aromatic carbocycles. The molecule has 1 saturated heterocycles. The molecule has 2 heterocycles. The predicted octanol–water partition coefficient (Wildman–Crippen LogP) is 4.36. The first kappa shape index (κ1) is 16.0. The SMILES string of the molecule is Fc1ccc(CCn2cncc2-c2ccc([C@@H]3CCCN3)cc2)cc1. The molecule has 1 fully saturated rings. The van der Waals surface area contributed by atoms with Gasteiger partial charge >= 0.3 is 0 Å². The van der Waals surface area contributed by atoms with Gasteiger partial charge in [-0.2, -0.15) is 0 Å². The van der Waals surface area contributed by atoms with Crippen LogP contribution in [0, 0.1) is 5.82 Å². The second-order valence-corrected chi connectivity index (χ2v) is 6.62. The van der Waals surface area contributed by atoms with E-state index in [1.807, 2.05) is 24.7 Å². The van der Waals surface area contributed by atoms with Crippen molar-refractivity contribution in [3.05, 3.63) is 78.0 Å². The van der Waals surface area contributed by atoms with Crippen molar-refractivity contribution in [3.8, 4) is 11.3 Å². The Morgan fingerprint density at radius 1 is 1.08 bits per heavy atom. The zero-order valence-corrected chi connectivity index (χ0v) is 14.2. The molecule has 1 N–H and O–H groups in total. The van der Waals surface area contributed by atoms with Crippen LogP contribution in [-0.2, 0) is 13.0 Å². The summed E-state index contributed by atoms with van der Waals surface area (Å²) < 4.78 is 15.2. The van der Waals surface area contributed by atoms with Gasteiger partial charge < -0.3 is 9.88 Å². The Morgan fingerprint density at radius 3 is 2.60 bits per heavy atom. The van der Waals surface area contributed by atoms with E-state index in [1.165, 1.54) is 36.1 Å². The summed E-state index contributed by atoms with van der Waals surface area (Å²) in [4.78, 5) is 4.32. The lowest BCUT2D eigenvalue weighted by molar-refractivity contribution is 0.625. The van der Waals surface area contributed by atoms with Crippen molar-refractivity contribution in [1.82, 2.24) is 14.9 Å². The van der Waals surface area contributed by atoms with Crippen LogP contribution in [-0.4, -0.2) is 16.1 Å². The van der Waals surface area contributed by atoms with Crippen molar-refractivity contribution < 1.29 is 4.39 Å². The Balaban J connectivity index is 1.47. The third-order valence-corrected chi connectivity index (χ3v) is 4.94. The van der Waals surface area contributed by atoms with E-state index in [-0.39, 0.29) is 5.82 Å². The average Bonchev–Trinajstić information content (AvgIpc) is 3.33. The van der Waals surface area contributed by atoms with Crippen LogP contribution in [0.2, 0.25) is 0 Å². The van der Waals surface area contributed by atoms with E-state index in [1.54, 1.807) is 0 Å². The van der Waals surface area contributed by atoms with Gasteiger partial charge in [0.25, 0.3) is 0 Å². The van der Waals surface area contributed by atoms with E-state index in [4.69, 9.17) is 0 Å². The average molecular weight is 335 g/mol. The standard InChI is InChI=1S/C21H22FN3/c22-19-9-3-16(4-10-19)11-13-25-15-23-14-21(25)18-7-5-17(6-8-18)20-2-1-12-24-20/h3-10,14-15,20,24H,1-2,11-13H2/t20-/m0/s1. The molecule has 0 radical (unpaired) electrons. The topological polar surface area (TPSA) is 29.9 Å². The fourth-order valence-electron chi connectivity index (χ4n) is 3.50. The van der Waals surface area contributed by atoms with Crippen molar-refractivity contribution in [2.24, 2.45) is 0 Å². The van der Waals surface area contributed by atoms with Gasteiger partial charge in [0.1, 0.15) is 5.82 Å². The van der Waals surface area contributed by atoms with Crippen LogP contribution in [0.5, 0.6) is 0 Å². The number of benzene rings is 2. The van der Waals surface area contributed by atoms with E-state index < -0.39 is 0 Å². The van der Waals surface area contributed by atoms with Crippen molar-refractivity contribution in [3.63, 3.8) is 0 Å². The molecular weight excluding hydrogens is 313 g/mol. The molecule has 3 aromatic rings. The third-order valence-electron chi connectivity index (χ3n) is 4.94. The fourth-order valence-corrected chi connectivity index (χ4v) is 3.50. The van der Waals surface area contributed by atoms with Gasteiger partial charge in [0.2, 0.25) is 0 Å². The maximum Gasteiger partial charge on any atom is 0.123 e. The Bertz CT molecular complexity index is 815. The van der Waals surface area contributed by atoms with Gasteiger partial charge in [0.05, 0.1) is 18.2 Å². The van der Waals surface area contributed by atoms with Gasteiger partial charge in [-0.15, -0.1) is 0 Å². The van der Waals surface area contributed by atoms with Gasteiger partial charge in [-0.1, -0.05) is 36.4 Å². The zero-order chi connectivity index (χ0) is 17.1. The lowest BCUT2D eigenvalue weighted by Crippen LogP contribution is -2.12. The van der Waals surface area contributed by atoms with Crippen molar-refractivity contribution >= 4 is 0 Å². The smallest absolute Gasteiger partial charge is 0.123 e. The molecule has 4 rings (SSSR count). The first-order valence-corrected chi connectivity index (χ1v) is 8.88. The number of imidazole rings is 1. The summed E-state index contributed by atoms with van der Waals surface area (Å²) in [6, 6.07) is 16.0. The van der Waals surface area contributed by atoms with Gasteiger partial charge in [-0.3, -0.25) is 0 Å². The van der Waals surface area contributed by atoms with Gasteiger partial charge in [0.15, 0.2) is 0 Å². The normalized spacial score (nSPS) is 17.1. The molecule has 0 saturated carbocycles. The number of halogens is 1. The first-order chi connectivity index (χ1) is 12.3. The van der Waals surface area contributed by atoms with Crippen LogP contribution < -0.4 is 5.32 Å². The van der Waals surface area contributed by atoms with Crippen molar-refractivity contribution in [2.75, 3.05) is 6.54 Å². The summed E-state index contributed by atoms with van der Waals surface area (Å²) in [5, 5.41) is 3.54. The lowest BCUT2D eigenvalue weighted by atomic mass is 10.0. The molecule has 0 spiro atoms. The largest absolute Gasteiger partial charge is 0.330 e. The third kappa shape index (κ3) is 3.64. The number of hydrogen-bond donors (Lipinski definition) is 1. The fraction of sp³-hybridized carbons (Fsp3) is 0.286. The molecule has 0 bridgehead atoms. The highest BCUT2D eigenvalue weighted by molar-refractivity contribution is 5.59. The Labute approximate surface area is 147 Å². The summed E-state index contributed by atoms with van der Waals surface area (Å²) in [7, 11) is 0. The number of nitrogens with zero attached hydrogens (tertiary/aromatic N) is 2. The van der Waals surface area contributed by atoms with Crippen LogP contribution in [0.1, 0.15) is 30.0 Å². The maximum atomic E-state index is 13.0. The summed E-state index contributed by atoms with van der Waals surface area (Å²) in [5.74, 6) is -0.191. The molecule has 0 unspecified atom stereocenters. The molecule has 25 heavy (non-hydrogen) atoms. The summed E-state index contributed by atoms with van der Waals surface area (Å²) in [6.07, 6.45) is 7.10. The molecule has 1 atom stereocenters. The summed E-state index contributed by atoms with van der Waals surface area (Å²) >= 11 is 0. The number of hydrogen-bond acceptors (Lipinski definition) is 2.